The number of aliphatic hydroxyl groups is 2. The third kappa shape index (κ3) is 18.2. The molecule has 6 aliphatic rings. The summed E-state index contributed by atoms with van der Waals surface area (Å²) in [5, 5.41) is 45.9. The monoisotopic (exact) mass is 1560 g/mol. The Labute approximate surface area is 637 Å². The second-order valence-electron chi connectivity index (χ2n) is 30.1. The number of nitrogens with zero attached hydrogens (tertiary/aromatic N) is 8. The Hall–Kier alpha value is -8.35. The van der Waals surface area contributed by atoms with Crippen LogP contribution in [0.5, 0.6) is 0 Å². The molecule has 2 fully saturated rings. The molecule has 2 saturated heterocycles. The van der Waals surface area contributed by atoms with Gasteiger partial charge < -0.3 is 94.9 Å². The predicted molar refractivity (Wildman–Crippen MR) is 395 cm³/mol. The van der Waals surface area contributed by atoms with E-state index in [4.69, 9.17) is 85.7 Å². The third-order valence-electron chi connectivity index (χ3n) is 22.6. The molecule has 0 radical (unpaired) electrons. The molecule has 2 unspecified atom stereocenters. The molecule has 30 nitrogen and oxygen atoms in total. The van der Waals surface area contributed by atoms with Gasteiger partial charge in [-0.1, -0.05) is 77.4 Å². The molecular formula is C74H100CoN16O14PS. The summed E-state index contributed by atoms with van der Waals surface area (Å²) >= 11 is 1.47. The number of phosphoric acid groups is 1. The van der Waals surface area contributed by atoms with Crippen molar-refractivity contribution in [2.75, 3.05) is 13.2 Å². The van der Waals surface area contributed by atoms with Crippen molar-refractivity contribution in [2.45, 2.75) is 202 Å². The molecule has 8 bridgehead atoms. The second kappa shape index (κ2) is 34.5. The topological polar surface area (TPSA) is 517 Å². The van der Waals surface area contributed by atoms with Gasteiger partial charge in [-0.3, -0.25) is 58.5 Å². The van der Waals surface area contributed by atoms with E-state index in [9.17, 15) is 53.2 Å². The number of aliphatic imine (C=N–C) groups is 3. The van der Waals surface area contributed by atoms with Gasteiger partial charge in [-0.25, -0.2) is 4.98 Å². The molecule has 2 aromatic heterocycles. The minimum Gasteiger partial charge on any atom is -0.756 e. The van der Waals surface area contributed by atoms with E-state index in [2.05, 4.69) is 34.6 Å². The number of aliphatic hydroxyl groups excluding tert-OH is 2. The fourth-order valence-electron chi connectivity index (χ4n) is 16.7. The Balaban J connectivity index is 0.000000830. The second-order valence-corrected chi connectivity index (χ2v) is 32.3. The molecule has 10 rings (SSSR count). The van der Waals surface area contributed by atoms with Crippen LogP contribution in [0.4, 0.5) is 0 Å². The van der Waals surface area contributed by atoms with E-state index < -0.39 is 143 Å². The van der Waals surface area contributed by atoms with Crippen molar-refractivity contribution in [3.63, 3.8) is 0 Å². The number of thiazole rings is 1. The normalized spacial score (nSPS) is 30.1. The van der Waals surface area contributed by atoms with Gasteiger partial charge in [0.25, 0.3) is 7.82 Å². The average molecular weight is 1560 g/mol. The molecule has 4 aromatic rings. The van der Waals surface area contributed by atoms with Crippen LogP contribution in [0.25, 0.3) is 16.4 Å². The summed E-state index contributed by atoms with van der Waals surface area (Å²) < 4.78 is 33.8. The van der Waals surface area contributed by atoms with Crippen molar-refractivity contribution in [2.24, 2.45) is 94.7 Å². The van der Waals surface area contributed by atoms with Gasteiger partial charge in [-0.05, 0) is 130 Å². The molecule has 107 heavy (non-hydrogen) atoms. The summed E-state index contributed by atoms with van der Waals surface area (Å²) in [6, 6.07) is 13.0. The quantitative estimate of drug-likeness (QED) is 0.0231. The fraction of sp³-hybridized carbons (Fsp3) is 0.554. The number of carbonyl (C=O) groups excluding carboxylic acids is 7. The summed E-state index contributed by atoms with van der Waals surface area (Å²) in [7, 11) is -5.32. The van der Waals surface area contributed by atoms with Crippen LogP contribution >= 0.6 is 19.2 Å². The molecule has 0 spiro atoms. The molecular weight excluding hydrogens is 1460 g/mol. The van der Waals surface area contributed by atoms with Crippen molar-refractivity contribution in [3.05, 3.63) is 128 Å². The van der Waals surface area contributed by atoms with Crippen molar-refractivity contribution in [3.8, 4) is 0 Å². The van der Waals surface area contributed by atoms with Gasteiger partial charge in [0.1, 0.15) is 18.3 Å². The van der Waals surface area contributed by atoms with Crippen molar-refractivity contribution in [1.29, 1.82) is 10.7 Å². The van der Waals surface area contributed by atoms with Gasteiger partial charge in [0.15, 0.2) is 11.0 Å². The maximum atomic E-state index is 14.4. The maximum Gasteiger partial charge on any atom is 3.00 e. The molecule has 16 N–H and O–H groups in total. The van der Waals surface area contributed by atoms with Crippen LogP contribution in [-0.2, 0) is 81.7 Å². The average Bonchev–Trinajstić information content (AvgIpc) is 1.53. The van der Waals surface area contributed by atoms with Crippen LogP contribution in [0.2, 0.25) is 0 Å². The first kappa shape index (κ1) is 85.9. The number of primary amides is 6. The number of hydrogen-bond acceptors (Lipinski definition) is 21. The van der Waals surface area contributed by atoms with E-state index in [1.165, 1.54) is 34.7 Å². The number of nitrogens with two attached hydrogens (primary N) is 6. The zero-order valence-corrected chi connectivity index (χ0v) is 65.0. The van der Waals surface area contributed by atoms with Gasteiger partial charge in [-0.2, -0.15) is 5.70 Å². The van der Waals surface area contributed by atoms with Gasteiger partial charge in [0, 0.05) is 132 Å². The van der Waals surface area contributed by atoms with Crippen LogP contribution in [-0.4, -0.2) is 132 Å². The number of ether oxygens (including phenoxy) is 1. The molecule has 0 saturated carbocycles. The first-order chi connectivity index (χ1) is 49.7. The standard InChI is InChI=1S/C62H90N13O14P.C11H12N2S.CN.Co/c1-29-20-39-40(21-30(29)2)75(28-70-39)57-52(84)53(41(27-76)87-57)89-90(85,86)88-31(3)26-69-49(83)18-19-59(8)37(22-46(66)80)56-62(11)61(10,25-48(68)82)36(14-17-45(65)79)51(74-62)33(5)55-60(9,24-47(67)81)34(12-15-43(63)77)38(71-55)23-42-58(6,7)35(13-16-44(64)78)50(72-42)32(4)54(59)73-56;12-11-13(8-9-14-11)7-6-10-4-2-1-3-5-10;1-2;/h20-21,23,28,31,34-37,41,52-53,56-57,76,84H,12-19,22,24-27H2,1-11H3,(H15,63,64,65,66,67,68,69,71,72,73,74,77,78,79,80,81,82,83,85,86);1-5,8-9,12H,6-7H2;;/q;;-1;+3/p-2/t31?,34-,35-,36-,37+,41-,52-,53-,56-,57+,59-,60+,61+,62+;;;/m1.../s1. The number of phosphoric ester groups is 1. The molecule has 15 atom stereocenters. The van der Waals surface area contributed by atoms with Crippen LogP contribution in [0.15, 0.2) is 110 Å². The number of aryl methyl sites for hydroxylation is 4. The summed E-state index contributed by atoms with van der Waals surface area (Å²) in [6.07, 6.45) is -1.83. The number of allylic oxidation sites excluding steroid dienone is 6. The van der Waals surface area contributed by atoms with Gasteiger partial charge >= 0.3 is 16.8 Å². The zero-order chi connectivity index (χ0) is 78.5. The SMILES string of the molecule is C/C1=C2N=C(/C=C3N=C(/C(C)=C4\[N-][C@@](C)([C@@H]5N=C1[C@](C)(CCC(=O)NCC(C)OP(=O)([O-])O[C@H]1[C@@H](O)[C@@H](n6cnc7cc(C)c(C)cc76)O[C@@H]1CO)[C@H]5CC(N)=O)[C@@](C)(CC(N)=O)[C@@H]4CCC(N)=O)[C@@](C)(CC(N)=O)[C@@H]\3CCC(N)=O)C(C)(C)[C@@H]/2CCC(N)=O.N=c1sccn1CCc1ccccc1.[C-]#N.[Co+3]. The van der Waals surface area contributed by atoms with Crippen LogP contribution in [0.3, 0.4) is 0 Å². The fourth-order valence-corrected chi connectivity index (χ4v) is 18.4. The van der Waals surface area contributed by atoms with Gasteiger partial charge in [-0.15, -0.1) is 11.3 Å². The first-order valence-electron chi connectivity index (χ1n) is 35.3. The van der Waals surface area contributed by atoms with E-state index >= 15 is 0 Å². The van der Waals surface area contributed by atoms with E-state index in [0.717, 1.165) is 24.1 Å². The minimum atomic E-state index is -5.32. The van der Waals surface area contributed by atoms with Crippen molar-refractivity contribution in [1.82, 2.24) is 19.4 Å². The largest absolute Gasteiger partial charge is 3.00 e. The first-order valence-corrected chi connectivity index (χ1v) is 37.6. The Bertz CT molecular complexity index is 4390. The van der Waals surface area contributed by atoms with Crippen LogP contribution < -0.4 is 49.4 Å². The minimum absolute atomic E-state index is 0. The van der Waals surface area contributed by atoms with E-state index in [1.807, 2.05) is 103 Å². The predicted octanol–water partition coefficient (Wildman–Crippen LogP) is 5.68. The number of benzene rings is 2. The number of hydrogen-bond donors (Lipinski definition) is 10. The number of amides is 7. The Morgan fingerprint density at radius 3 is 2.01 bits per heavy atom. The molecule has 6 aliphatic heterocycles. The molecule has 2 aromatic carbocycles. The summed E-state index contributed by atoms with van der Waals surface area (Å²) in [5.74, 6) is -7.40. The van der Waals surface area contributed by atoms with E-state index in [-0.39, 0.29) is 94.0 Å². The summed E-state index contributed by atoms with van der Waals surface area (Å²) in [6.45, 7) is 24.6. The number of aromatic nitrogens is 3. The Kier molecular flexibility index (Phi) is 27.7. The summed E-state index contributed by atoms with van der Waals surface area (Å²) in [4.78, 5) is 128. The molecule has 7 amide bonds. The zero-order valence-electron chi connectivity index (χ0n) is 62.3. The Morgan fingerprint density at radius 2 is 1.43 bits per heavy atom. The Morgan fingerprint density at radius 1 is 0.822 bits per heavy atom. The van der Waals surface area contributed by atoms with E-state index in [0.29, 0.717) is 61.2 Å². The van der Waals surface area contributed by atoms with Gasteiger partial charge in [0.2, 0.25) is 41.4 Å². The molecule has 580 valence electrons. The van der Waals surface area contributed by atoms with E-state index in [1.54, 1.807) is 6.92 Å². The molecule has 33 heteroatoms. The summed E-state index contributed by atoms with van der Waals surface area (Å²) in [5.41, 5.74) is 38.0. The van der Waals surface area contributed by atoms with Gasteiger partial charge in [0.05, 0.1) is 30.1 Å². The third-order valence-corrected chi connectivity index (χ3v) is 24.5. The number of fused-ring (bicyclic) bond motifs is 7. The number of rotatable bonds is 29. The maximum absolute atomic E-state index is 14.4. The number of nitrogens with one attached hydrogen (secondary N) is 2. The van der Waals surface area contributed by atoms with Crippen molar-refractivity contribution >= 4 is 88.7 Å². The smallest absolute Gasteiger partial charge is 0.756 e. The number of carbonyl (C=O) groups is 7. The van der Waals surface area contributed by atoms with Crippen LogP contribution in [0, 0.1) is 76.4 Å². The molecule has 8 heterocycles. The molecule has 0 aliphatic carbocycles. The van der Waals surface area contributed by atoms with Crippen LogP contribution in [0.1, 0.15) is 156 Å². The number of imidazole rings is 1. The van der Waals surface area contributed by atoms with Crippen molar-refractivity contribution < 1.29 is 83.8 Å².